The smallest absolute Gasteiger partial charge is 0.165 e. The molecule has 0 aliphatic carbocycles. The van der Waals surface area contributed by atoms with Gasteiger partial charge in [0.05, 0.1) is 12.4 Å². The Bertz CT molecular complexity index is 488. The van der Waals surface area contributed by atoms with Gasteiger partial charge in [-0.15, -0.1) is 0 Å². The Morgan fingerprint density at radius 1 is 1.22 bits per heavy atom. The number of hydrogen-bond donors (Lipinski definition) is 1. The lowest BCUT2D eigenvalue weighted by molar-refractivity contribution is 0.481. The van der Waals surface area contributed by atoms with Gasteiger partial charge in [-0.05, 0) is 17.7 Å². The van der Waals surface area contributed by atoms with E-state index >= 15 is 0 Å². The first-order valence-corrected chi connectivity index (χ1v) is 6.12. The summed E-state index contributed by atoms with van der Waals surface area (Å²) in [4.78, 5) is 0. The quantitative estimate of drug-likeness (QED) is 0.880. The zero-order chi connectivity index (χ0) is 13.0. The van der Waals surface area contributed by atoms with Crippen LogP contribution in [-0.2, 0) is 13.6 Å². The van der Waals surface area contributed by atoms with Crippen LogP contribution in [0.4, 0.5) is 0 Å². The number of hydrogen-bond acceptors (Lipinski definition) is 3. The van der Waals surface area contributed by atoms with Gasteiger partial charge in [-0.2, -0.15) is 5.10 Å². The van der Waals surface area contributed by atoms with Gasteiger partial charge in [-0.25, -0.2) is 0 Å². The molecule has 0 spiro atoms. The summed E-state index contributed by atoms with van der Waals surface area (Å²) in [7, 11) is 1.87. The maximum Gasteiger partial charge on any atom is 0.165 e. The first-order valence-electron chi connectivity index (χ1n) is 6.12. The normalized spacial score (nSPS) is 10.9. The van der Waals surface area contributed by atoms with E-state index in [1.165, 1.54) is 5.56 Å². The van der Waals surface area contributed by atoms with E-state index in [0.717, 1.165) is 18.0 Å². The third-order valence-corrected chi connectivity index (χ3v) is 2.55. The molecule has 0 aliphatic heterocycles. The van der Waals surface area contributed by atoms with Gasteiger partial charge in [0.2, 0.25) is 0 Å². The van der Waals surface area contributed by atoms with Crippen molar-refractivity contribution in [2.75, 3.05) is 0 Å². The molecule has 1 N–H and O–H groups in total. The van der Waals surface area contributed by atoms with Crippen LogP contribution in [0.15, 0.2) is 36.7 Å². The Balaban J connectivity index is 1.95. The minimum Gasteiger partial charge on any atom is -0.454 e. The van der Waals surface area contributed by atoms with Crippen molar-refractivity contribution in [3.05, 3.63) is 42.2 Å². The van der Waals surface area contributed by atoms with E-state index in [1.54, 1.807) is 10.9 Å². The summed E-state index contributed by atoms with van der Waals surface area (Å²) in [5.41, 5.74) is 1.25. The Labute approximate surface area is 108 Å². The molecule has 96 valence electrons. The molecule has 4 nitrogen and oxygen atoms in total. The van der Waals surface area contributed by atoms with Crippen LogP contribution in [-0.4, -0.2) is 15.8 Å². The molecule has 1 aromatic heterocycles. The van der Waals surface area contributed by atoms with Gasteiger partial charge in [0.25, 0.3) is 0 Å². The maximum atomic E-state index is 5.68. The minimum atomic E-state index is 0.497. The molecule has 0 bridgehead atoms. The Morgan fingerprint density at radius 2 is 1.94 bits per heavy atom. The van der Waals surface area contributed by atoms with Gasteiger partial charge in [0, 0.05) is 19.6 Å². The number of rotatable bonds is 5. The highest BCUT2D eigenvalue weighted by Gasteiger charge is 2.00. The largest absolute Gasteiger partial charge is 0.454 e. The third kappa shape index (κ3) is 3.60. The van der Waals surface area contributed by atoms with Crippen molar-refractivity contribution in [2.24, 2.45) is 7.05 Å². The van der Waals surface area contributed by atoms with Crippen molar-refractivity contribution < 1.29 is 4.74 Å². The highest BCUT2D eigenvalue weighted by atomic mass is 16.5. The van der Waals surface area contributed by atoms with Crippen molar-refractivity contribution in [3.8, 4) is 11.5 Å². The molecule has 0 amide bonds. The standard InChI is InChI=1S/C14H19N3O/c1-11(2)15-8-12-4-6-13(7-5-12)18-14-9-16-17(3)10-14/h4-7,9-11,15H,8H2,1-3H3. The number of ether oxygens (including phenoxy) is 1. The monoisotopic (exact) mass is 245 g/mol. The summed E-state index contributed by atoms with van der Waals surface area (Å²) in [5.74, 6) is 1.59. The van der Waals surface area contributed by atoms with E-state index in [-0.39, 0.29) is 0 Å². The Morgan fingerprint density at radius 3 is 2.50 bits per heavy atom. The molecule has 0 atom stereocenters. The maximum absolute atomic E-state index is 5.68. The fraction of sp³-hybridized carbons (Fsp3) is 0.357. The summed E-state index contributed by atoms with van der Waals surface area (Å²) in [6.07, 6.45) is 3.54. The molecule has 0 fully saturated rings. The summed E-state index contributed by atoms with van der Waals surface area (Å²) in [6, 6.07) is 8.59. The van der Waals surface area contributed by atoms with Crippen molar-refractivity contribution in [1.82, 2.24) is 15.1 Å². The average molecular weight is 245 g/mol. The molecule has 0 saturated heterocycles. The number of benzene rings is 1. The zero-order valence-corrected chi connectivity index (χ0v) is 11.1. The highest BCUT2D eigenvalue weighted by Crippen LogP contribution is 2.20. The van der Waals surface area contributed by atoms with Gasteiger partial charge < -0.3 is 10.1 Å². The van der Waals surface area contributed by atoms with Crippen LogP contribution in [0, 0.1) is 0 Å². The van der Waals surface area contributed by atoms with Gasteiger partial charge in [0.15, 0.2) is 5.75 Å². The number of aryl methyl sites for hydroxylation is 1. The van der Waals surface area contributed by atoms with Crippen LogP contribution in [0.3, 0.4) is 0 Å². The number of nitrogens with one attached hydrogen (secondary N) is 1. The predicted octanol–water partition coefficient (Wildman–Crippen LogP) is 2.71. The van der Waals surface area contributed by atoms with Crippen LogP contribution in [0.1, 0.15) is 19.4 Å². The highest BCUT2D eigenvalue weighted by molar-refractivity contribution is 5.31. The van der Waals surface area contributed by atoms with Gasteiger partial charge in [-0.3, -0.25) is 4.68 Å². The lowest BCUT2D eigenvalue weighted by Gasteiger charge is -2.08. The molecule has 1 aromatic carbocycles. The van der Waals surface area contributed by atoms with Crippen molar-refractivity contribution in [1.29, 1.82) is 0 Å². The Kier molecular flexibility index (Phi) is 3.99. The zero-order valence-electron chi connectivity index (χ0n) is 11.1. The molecule has 0 saturated carbocycles. The molecular formula is C14H19N3O. The van der Waals surface area contributed by atoms with E-state index in [0.29, 0.717) is 6.04 Å². The van der Waals surface area contributed by atoms with Crippen LogP contribution in [0.2, 0.25) is 0 Å². The second-order valence-corrected chi connectivity index (χ2v) is 4.63. The van der Waals surface area contributed by atoms with Crippen LogP contribution in [0.25, 0.3) is 0 Å². The lowest BCUT2D eigenvalue weighted by Crippen LogP contribution is -2.21. The van der Waals surface area contributed by atoms with Gasteiger partial charge in [-0.1, -0.05) is 26.0 Å². The summed E-state index contributed by atoms with van der Waals surface area (Å²) in [5, 5.41) is 7.44. The third-order valence-electron chi connectivity index (χ3n) is 2.55. The average Bonchev–Trinajstić information content (AvgIpc) is 2.74. The molecule has 4 heteroatoms. The van der Waals surface area contributed by atoms with E-state index in [1.807, 2.05) is 25.4 Å². The number of nitrogens with zero attached hydrogens (tertiary/aromatic N) is 2. The summed E-state index contributed by atoms with van der Waals surface area (Å²) < 4.78 is 7.39. The van der Waals surface area contributed by atoms with Gasteiger partial charge in [0.1, 0.15) is 5.75 Å². The SMILES string of the molecule is CC(C)NCc1ccc(Oc2cnn(C)c2)cc1. The molecule has 2 rings (SSSR count). The topological polar surface area (TPSA) is 39.1 Å². The van der Waals surface area contributed by atoms with Gasteiger partial charge >= 0.3 is 0 Å². The second kappa shape index (κ2) is 5.69. The lowest BCUT2D eigenvalue weighted by atomic mass is 10.2. The Hall–Kier alpha value is -1.81. The number of aromatic nitrogens is 2. The molecule has 0 aliphatic rings. The van der Waals surface area contributed by atoms with E-state index in [2.05, 4.69) is 36.4 Å². The minimum absolute atomic E-state index is 0.497. The van der Waals surface area contributed by atoms with Crippen molar-refractivity contribution in [3.63, 3.8) is 0 Å². The second-order valence-electron chi connectivity index (χ2n) is 4.63. The van der Waals surface area contributed by atoms with Crippen LogP contribution in [0.5, 0.6) is 11.5 Å². The molecule has 0 radical (unpaired) electrons. The first kappa shape index (κ1) is 12.6. The van der Waals surface area contributed by atoms with Crippen molar-refractivity contribution >= 4 is 0 Å². The molecule has 1 heterocycles. The van der Waals surface area contributed by atoms with E-state index in [9.17, 15) is 0 Å². The molecule has 18 heavy (non-hydrogen) atoms. The predicted molar refractivity (Wildman–Crippen MR) is 71.7 cm³/mol. The fourth-order valence-electron chi connectivity index (χ4n) is 1.58. The van der Waals surface area contributed by atoms with Crippen molar-refractivity contribution in [2.45, 2.75) is 26.4 Å². The first-order chi connectivity index (χ1) is 8.63. The molecule has 2 aromatic rings. The fourth-order valence-corrected chi connectivity index (χ4v) is 1.58. The van der Waals surface area contributed by atoms with Crippen LogP contribution >= 0.6 is 0 Å². The summed E-state index contributed by atoms with van der Waals surface area (Å²) in [6.45, 7) is 5.16. The van der Waals surface area contributed by atoms with Crippen LogP contribution < -0.4 is 10.1 Å². The molecule has 0 unspecified atom stereocenters. The van der Waals surface area contributed by atoms with E-state index < -0.39 is 0 Å². The molecular weight excluding hydrogens is 226 g/mol. The summed E-state index contributed by atoms with van der Waals surface area (Å²) >= 11 is 0. The van der Waals surface area contributed by atoms with E-state index in [4.69, 9.17) is 4.74 Å².